The average Bonchev–Trinajstić information content (AvgIpc) is 2.36. The normalized spacial score (nSPS) is 19.7. The maximum absolute atomic E-state index is 13.3. The Morgan fingerprint density at radius 3 is 2.80 bits per heavy atom. The van der Waals surface area contributed by atoms with Crippen LogP contribution < -0.4 is 15.8 Å². The van der Waals surface area contributed by atoms with Crippen LogP contribution in [-0.2, 0) is 14.8 Å². The Labute approximate surface area is 116 Å². The summed E-state index contributed by atoms with van der Waals surface area (Å²) in [6, 6.07) is 1.32. The fourth-order valence-corrected chi connectivity index (χ4v) is 3.58. The Balaban J connectivity index is 2.31. The van der Waals surface area contributed by atoms with Gasteiger partial charge in [0.1, 0.15) is 11.9 Å². The summed E-state index contributed by atoms with van der Waals surface area (Å²) < 4.78 is 40.1. The van der Waals surface area contributed by atoms with Crippen LogP contribution >= 0.6 is 0 Å². The van der Waals surface area contributed by atoms with Gasteiger partial charge in [-0.05, 0) is 37.5 Å². The first kappa shape index (κ1) is 14.7. The van der Waals surface area contributed by atoms with E-state index in [0.717, 1.165) is 12.1 Å². The maximum atomic E-state index is 13.3. The van der Waals surface area contributed by atoms with Gasteiger partial charge in [-0.2, -0.15) is 4.72 Å². The van der Waals surface area contributed by atoms with E-state index in [2.05, 4.69) is 10.0 Å². The average molecular weight is 301 g/mol. The van der Waals surface area contributed by atoms with Crippen molar-refractivity contribution in [3.63, 3.8) is 0 Å². The second kappa shape index (κ2) is 5.37. The van der Waals surface area contributed by atoms with Crippen LogP contribution in [0.2, 0.25) is 0 Å². The van der Waals surface area contributed by atoms with Gasteiger partial charge in [0.15, 0.2) is 0 Å². The number of hydrogen-bond donors (Lipinski definition) is 3. The van der Waals surface area contributed by atoms with Gasteiger partial charge in [0.25, 0.3) is 0 Å². The molecule has 0 saturated carbocycles. The van der Waals surface area contributed by atoms with Gasteiger partial charge in [-0.1, -0.05) is 0 Å². The highest BCUT2D eigenvalue weighted by atomic mass is 32.2. The molecule has 6 nitrogen and oxygen atoms in total. The predicted octanol–water partition coefficient (Wildman–Crippen LogP) is 0.273. The molecule has 1 aromatic rings. The lowest BCUT2D eigenvalue weighted by Gasteiger charge is -2.23. The lowest BCUT2D eigenvalue weighted by atomic mass is 10.1. The molecule has 1 amide bonds. The van der Waals surface area contributed by atoms with Crippen LogP contribution in [0.25, 0.3) is 0 Å². The molecule has 20 heavy (non-hydrogen) atoms. The molecule has 1 atom stereocenters. The minimum atomic E-state index is -3.92. The van der Waals surface area contributed by atoms with E-state index in [9.17, 15) is 17.6 Å². The molecule has 2 rings (SSSR count). The van der Waals surface area contributed by atoms with Gasteiger partial charge < -0.3 is 11.1 Å². The van der Waals surface area contributed by atoms with Gasteiger partial charge in [-0.3, -0.25) is 4.79 Å². The highest BCUT2D eigenvalue weighted by Gasteiger charge is 2.28. The van der Waals surface area contributed by atoms with Crippen molar-refractivity contribution in [1.82, 2.24) is 10.0 Å². The minimum Gasteiger partial charge on any atom is -0.396 e. The van der Waals surface area contributed by atoms with E-state index in [1.54, 1.807) is 0 Å². The molecule has 110 valence electrons. The van der Waals surface area contributed by atoms with E-state index < -0.39 is 21.9 Å². The van der Waals surface area contributed by atoms with Crippen LogP contribution in [0.1, 0.15) is 18.4 Å². The second-order valence-electron chi connectivity index (χ2n) is 4.75. The van der Waals surface area contributed by atoms with Crippen LogP contribution in [0.3, 0.4) is 0 Å². The van der Waals surface area contributed by atoms with Crippen molar-refractivity contribution in [2.45, 2.75) is 30.7 Å². The number of halogens is 1. The zero-order valence-electron chi connectivity index (χ0n) is 10.9. The monoisotopic (exact) mass is 301 g/mol. The number of sulfonamides is 1. The summed E-state index contributed by atoms with van der Waals surface area (Å²) in [6.45, 7) is 2.01. The van der Waals surface area contributed by atoms with Gasteiger partial charge in [0.05, 0.1) is 10.6 Å². The van der Waals surface area contributed by atoms with Crippen LogP contribution in [-0.4, -0.2) is 26.9 Å². The first-order chi connectivity index (χ1) is 9.31. The van der Waals surface area contributed by atoms with E-state index in [1.807, 2.05) is 0 Å². The summed E-state index contributed by atoms with van der Waals surface area (Å²) in [5, 5.41) is 2.59. The Morgan fingerprint density at radius 2 is 2.15 bits per heavy atom. The molecule has 0 aromatic heterocycles. The Hall–Kier alpha value is -1.67. The number of anilines is 1. The quantitative estimate of drug-likeness (QED) is 0.698. The zero-order valence-corrected chi connectivity index (χ0v) is 11.8. The lowest BCUT2D eigenvalue weighted by Crippen LogP contribution is -2.50. The third kappa shape index (κ3) is 2.91. The molecular weight excluding hydrogens is 285 g/mol. The first-order valence-electron chi connectivity index (χ1n) is 6.17. The van der Waals surface area contributed by atoms with Gasteiger partial charge in [-0.25, -0.2) is 12.8 Å². The van der Waals surface area contributed by atoms with E-state index in [-0.39, 0.29) is 22.1 Å². The largest absolute Gasteiger partial charge is 0.396 e. The molecule has 0 aliphatic carbocycles. The third-order valence-electron chi connectivity index (χ3n) is 3.17. The van der Waals surface area contributed by atoms with E-state index in [4.69, 9.17) is 5.73 Å². The van der Waals surface area contributed by atoms with Crippen LogP contribution in [0, 0.1) is 12.7 Å². The third-order valence-corrected chi connectivity index (χ3v) is 4.78. The summed E-state index contributed by atoms with van der Waals surface area (Å²) in [5.74, 6) is -1.02. The van der Waals surface area contributed by atoms with Gasteiger partial charge in [-0.15, -0.1) is 0 Å². The number of nitrogens with one attached hydrogen (secondary N) is 2. The van der Waals surface area contributed by atoms with Crippen molar-refractivity contribution in [3.8, 4) is 0 Å². The second-order valence-corrected chi connectivity index (χ2v) is 6.43. The standard InChI is InChI=1S/C12H16FN3O3S/c1-7-5-8(13)9(14)6-11(7)20(18,19)16-10-3-2-4-15-12(10)17/h5-6,10,16H,2-4,14H2,1H3,(H,15,17). The number of aryl methyl sites for hydroxylation is 1. The molecule has 1 fully saturated rings. The number of rotatable bonds is 3. The van der Waals surface area contributed by atoms with Crippen molar-refractivity contribution in [2.24, 2.45) is 0 Å². The number of benzene rings is 1. The number of piperidine rings is 1. The summed E-state index contributed by atoms with van der Waals surface area (Å²) in [4.78, 5) is 11.5. The highest BCUT2D eigenvalue weighted by Crippen LogP contribution is 2.22. The molecule has 1 aliphatic rings. The Kier molecular flexibility index (Phi) is 3.96. The number of amides is 1. The fraction of sp³-hybridized carbons (Fsp3) is 0.417. The molecular formula is C12H16FN3O3S. The molecule has 1 aromatic carbocycles. The number of nitrogens with two attached hydrogens (primary N) is 1. The van der Waals surface area contributed by atoms with Crippen molar-refractivity contribution >= 4 is 21.6 Å². The summed E-state index contributed by atoms with van der Waals surface area (Å²) in [7, 11) is -3.92. The van der Waals surface area contributed by atoms with Crippen molar-refractivity contribution in [2.75, 3.05) is 12.3 Å². The minimum absolute atomic E-state index is 0.116. The summed E-state index contributed by atoms with van der Waals surface area (Å²) in [6.07, 6.45) is 1.13. The SMILES string of the molecule is Cc1cc(F)c(N)cc1S(=O)(=O)NC1CCCNC1=O. The van der Waals surface area contributed by atoms with Crippen molar-refractivity contribution in [1.29, 1.82) is 0 Å². The van der Waals surface area contributed by atoms with Crippen molar-refractivity contribution in [3.05, 3.63) is 23.5 Å². The molecule has 1 aliphatic heterocycles. The molecule has 0 spiro atoms. The van der Waals surface area contributed by atoms with Crippen LogP contribution in [0.15, 0.2) is 17.0 Å². The Bertz CT molecular complexity index is 646. The summed E-state index contributed by atoms with van der Waals surface area (Å²) >= 11 is 0. The molecule has 0 bridgehead atoms. The summed E-state index contributed by atoms with van der Waals surface area (Å²) in [5.41, 5.74) is 5.39. The Morgan fingerprint density at radius 1 is 1.45 bits per heavy atom. The highest BCUT2D eigenvalue weighted by molar-refractivity contribution is 7.89. The zero-order chi connectivity index (χ0) is 14.9. The van der Waals surface area contributed by atoms with Gasteiger partial charge in [0.2, 0.25) is 15.9 Å². The predicted molar refractivity (Wildman–Crippen MR) is 71.9 cm³/mol. The van der Waals surface area contributed by atoms with E-state index in [1.165, 1.54) is 6.92 Å². The number of nitrogen functional groups attached to an aromatic ring is 1. The lowest BCUT2D eigenvalue weighted by molar-refractivity contribution is -0.124. The first-order valence-corrected chi connectivity index (χ1v) is 7.65. The topological polar surface area (TPSA) is 101 Å². The van der Waals surface area contributed by atoms with Crippen molar-refractivity contribution < 1.29 is 17.6 Å². The van der Waals surface area contributed by atoms with Gasteiger partial charge >= 0.3 is 0 Å². The van der Waals surface area contributed by atoms with Gasteiger partial charge in [0, 0.05) is 6.54 Å². The number of carbonyl (C=O) groups is 1. The molecule has 1 heterocycles. The van der Waals surface area contributed by atoms with E-state index >= 15 is 0 Å². The number of hydrogen-bond acceptors (Lipinski definition) is 4. The maximum Gasteiger partial charge on any atom is 0.241 e. The smallest absolute Gasteiger partial charge is 0.241 e. The van der Waals surface area contributed by atoms with Crippen LogP contribution in [0.5, 0.6) is 0 Å². The fourth-order valence-electron chi connectivity index (χ4n) is 2.09. The molecule has 4 N–H and O–H groups in total. The molecule has 1 unspecified atom stereocenters. The molecule has 0 radical (unpaired) electrons. The van der Waals surface area contributed by atoms with E-state index in [0.29, 0.717) is 19.4 Å². The number of carbonyl (C=O) groups excluding carboxylic acids is 1. The molecule has 8 heteroatoms. The molecule has 1 saturated heterocycles. The van der Waals surface area contributed by atoms with Crippen LogP contribution in [0.4, 0.5) is 10.1 Å².